The molecule has 0 saturated carbocycles. The van der Waals surface area contributed by atoms with Gasteiger partial charge >= 0.3 is 5.97 Å². The van der Waals surface area contributed by atoms with Gasteiger partial charge < -0.3 is 23.9 Å². The van der Waals surface area contributed by atoms with Crippen molar-refractivity contribution in [2.24, 2.45) is 0 Å². The second-order valence-corrected chi connectivity index (χ2v) is 12.1. The number of aryl methyl sites for hydroxylation is 1. The second kappa shape index (κ2) is 13.1. The van der Waals surface area contributed by atoms with Gasteiger partial charge in [-0.25, -0.2) is 4.79 Å². The Labute approximate surface area is 255 Å². The molecule has 2 atom stereocenters. The van der Waals surface area contributed by atoms with Gasteiger partial charge in [-0.15, -0.1) is 0 Å². The van der Waals surface area contributed by atoms with Crippen molar-refractivity contribution < 1.29 is 28.2 Å². The Bertz CT molecular complexity index is 1690. The minimum Gasteiger partial charge on any atom is -0.493 e. The van der Waals surface area contributed by atoms with Crippen LogP contribution in [0.5, 0.6) is 11.5 Å². The molecular formula is C34H37NO7S. The van der Waals surface area contributed by atoms with Gasteiger partial charge in [-0.2, -0.15) is 11.8 Å². The molecule has 0 spiro atoms. The van der Waals surface area contributed by atoms with Crippen molar-refractivity contribution in [3.8, 4) is 11.5 Å². The van der Waals surface area contributed by atoms with Crippen LogP contribution in [0.1, 0.15) is 62.1 Å². The molecule has 2 heterocycles. The molecule has 5 rings (SSSR count). The van der Waals surface area contributed by atoms with Gasteiger partial charge in [0.05, 0.1) is 36.9 Å². The number of thioether (sulfide) groups is 1. The van der Waals surface area contributed by atoms with Crippen molar-refractivity contribution in [2.75, 3.05) is 31.8 Å². The largest absolute Gasteiger partial charge is 0.493 e. The lowest BCUT2D eigenvalue weighted by Gasteiger charge is -2.36. The fourth-order valence-corrected chi connectivity index (χ4v) is 6.43. The Balaban J connectivity index is 1.59. The minimum atomic E-state index is -0.910. The number of carbonyl (C=O) groups excluding carboxylic acids is 2. The third-order valence-electron chi connectivity index (χ3n) is 7.94. The third-order valence-corrected chi connectivity index (χ3v) is 8.80. The zero-order valence-corrected chi connectivity index (χ0v) is 26.0. The molecule has 1 N–H and O–H groups in total. The number of ether oxygens (including phenoxy) is 3. The summed E-state index contributed by atoms with van der Waals surface area (Å²) in [6.45, 7) is 8.38. The highest BCUT2D eigenvalue weighted by Crippen LogP contribution is 2.46. The average molecular weight is 604 g/mol. The first-order valence-electron chi connectivity index (χ1n) is 14.6. The smallest absolute Gasteiger partial charge is 0.336 e. The number of dihydropyridines is 1. The predicted octanol–water partition coefficient (Wildman–Crippen LogP) is 6.17. The van der Waals surface area contributed by atoms with Gasteiger partial charge in [0, 0.05) is 34.7 Å². The molecule has 1 aliphatic carbocycles. The highest BCUT2D eigenvalue weighted by molar-refractivity contribution is 7.99. The summed E-state index contributed by atoms with van der Waals surface area (Å²) >= 11 is 1.67. The summed E-state index contributed by atoms with van der Waals surface area (Å²) in [7, 11) is 1.59. The molecule has 1 aliphatic heterocycles. The van der Waals surface area contributed by atoms with Gasteiger partial charge in [-0.3, -0.25) is 9.59 Å². The van der Waals surface area contributed by atoms with Crippen LogP contribution in [-0.4, -0.2) is 43.6 Å². The second-order valence-electron chi connectivity index (χ2n) is 10.7. The summed E-state index contributed by atoms with van der Waals surface area (Å²) < 4.78 is 22.8. The maximum absolute atomic E-state index is 14.1. The van der Waals surface area contributed by atoms with Crippen molar-refractivity contribution in [3.63, 3.8) is 0 Å². The number of fused-ring (bicyclic) bond motifs is 1. The fraction of sp³-hybridized carbons (Fsp3) is 0.382. The molecule has 43 heavy (non-hydrogen) atoms. The maximum atomic E-state index is 14.1. The standard InChI is InChI=1S/C34H37NO7S/c1-6-40-28-11-9-21(17-29(28)39-5)22-15-25-32(26(36)16-22)31(30(20(4)35-25)34(38)41-12-13-43-7-2)24-18-42-27-10-8-19(3)14-23(27)33(24)37/h8-11,14,17-18,22,31,35H,6-7,12-13,15-16H2,1-5H3/t22-,31-/m0/s1. The van der Waals surface area contributed by atoms with Crippen molar-refractivity contribution in [1.82, 2.24) is 5.32 Å². The number of hydrogen-bond donors (Lipinski definition) is 1. The van der Waals surface area contributed by atoms with Crippen molar-refractivity contribution >= 4 is 34.5 Å². The molecule has 0 saturated heterocycles. The molecule has 0 fully saturated rings. The van der Waals surface area contributed by atoms with Crippen LogP contribution in [0.25, 0.3) is 11.0 Å². The molecule has 2 aromatic carbocycles. The normalized spacial score (nSPS) is 18.4. The molecule has 2 aliphatic rings. The van der Waals surface area contributed by atoms with E-state index in [2.05, 4.69) is 5.32 Å². The van der Waals surface area contributed by atoms with Gasteiger partial charge in [-0.05, 0) is 68.7 Å². The Kier molecular flexibility index (Phi) is 9.30. The molecule has 0 unspecified atom stereocenters. The molecule has 8 nitrogen and oxygen atoms in total. The number of allylic oxidation sites excluding steroid dienone is 3. The summed E-state index contributed by atoms with van der Waals surface area (Å²) in [4.78, 5) is 41.6. The van der Waals surface area contributed by atoms with E-state index in [0.29, 0.717) is 58.2 Å². The topological polar surface area (TPSA) is 104 Å². The molecule has 1 aromatic heterocycles. The van der Waals surface area contributed by atoms with Gasteiger partial charge in [-0.1, -0.05) is 24.6 Å². The number of hydrogen-bond acceptors (Lipinski definition) is 9. The van der Waals surface area contributed by atoms with Crippen LogP contribution in [0.4, 0.5) is 0 Å². The van der Waals surface area contributed by atoms with Crippen molar-refractivity contribution in [3.05, 3.63) is 92.1 Å². The lowest BCUT2D eigenvalue weighted by atomic mass is 9.72. The van der Waals surface area contributed by atoms with Gasteiger partial charge in [0.25, 0.3) is 0 Å². The highest BCUT2D eigenvalue weighted by atomic mass is 32.2. The number of ketones is 1. The van der Waals surface area contributed by atoms with Crippen LogP contribution in [0, 0.1) is 6.92 Å². The number of benzene rings is 2. The molecule has 0 bridgehead atoms. The van der Waals surface area contributed by atoms with E-state index in [0.717, 1.165) is 16.9 Å². The summed E-state index contributed by atoms with van der Waals surface area (Å²) in [5, 5.41) is 3.76. The Morgan fingerprint density at radius 2 is 1.88 bits per heavy atom. The van der Waals surface area contributed by atoms with E-state index < -0.39 is 11.9 Å². The molecular weight excluding hydrogens is 566 g/mol. The van der Waals surface area contributed by atoms with Gasteiger partial charge in [0.15, 0.2) is 22.7 Å². The first-order chi connectivity index (χ1) is 20.8. The number of carbonyl (C=O) groups is 2. The summed E-state index contributed by atoms with van der Waals surface area (Å²) in [6, 6.07) is 11.1. The average Bonchev–Trinajstić information content (AvgIpc) is 2.99. The minimum absolute atomic E-state index is 0.132. The first kappa shape index (κ1) is 30.5. The highest BCUT2D eigenvalue weighted by Gasteiger charge is 2.43. The molecule has 226 valence electrons. The van der Waals surface area contributed by atoms with E-state index in [1.54, 1.807) is 37.9 Å². The molecule has 3 aromatic rings. The lowest BCUT2D eigenvalue weighted by Crippen LogP contribution is -2.37. The zero-order chi connectivity index (χ0) is 30.7. The lowest BCUT2D eigenvalue weighted by molar-refractivity contribution is -0.138. The molecule has 0 amide bonds. The van der Waals surface area contributed by atoms with Crippen LogP contribution in [-0.2, 0) is 14.3 Å². The van der Waals surface area contributed by atoms with Crippen LogP contribution >= 0.6 is 11.8 Å². The Morgan fingerprint density at radius 3 is 2.63 bits per heavy atom. The van der Waals surface area contributed by atoms with E-state index in [-0.39, 0.29) is 41.3 Å². The van der Waals surface area contributed by atoms with Crippen molar-refractivity contribution in [1.29, 1.82) is 0 Å². The monoisotopic (exact) mass is 603 g/mol. The first-order valence-corrected chi connectivity index (χ1v) is 15.7. The van der Waals surface area contributed by atoms with Crippen LogP contribution in [0.2, 0.25) is 0 Å². The summed E-state index contributed by atoms with van der Waals surface area (Å²) in [5.41, 5.74) is 4.19. The number of rotatable bonds is 10. The quantitative estimate of drug-likeness (QED) is 0.215. The maximum Gasteiger partial charge on any atom is 0.336 e. The zero-order valence-electron chi connectivity index (χ0n) is 25.2. The predicted molar refractivity (Wildman–Crippen MR) is 168 cm³/mol. The molecule has 9 heteroatoms. The summed E-state index contributed by atoms with van der Waals surface area (Å²) in [5.74, 6) is 1.08. The van der Waals surface area contributed by atoms with Crippen LogP contribution in [0.15, 0.2) is 74.4 Å². The van der Waals surface area contributed by atoms with E-state index >= 15 is 0 Å². The molecule has 0 radical (unpaired) electrons. The van der Waals surface area contributed by atoms with E-state index in [9.17, 15) is 14.4 Å². The number of esters is 1. The van der Waals surface area contributed by atoms with E-state index in [1.165, 1.54) is 6.26 Å². The SMILES string of the molecule is CCOc1ccc([C@@H]2CC(=O)C3=C(C2)NC(C)=C(C(=O)OCCSCC)[C@@H]3c2coc3ccc(C)cc3c2=O)cc1OC. The Hall–Kier alpha value is -3.98. The summed E-state index contributed by atoms with van der Waals surface area (Å²) in [6.07, 6.45) is 2.12. The third kappa shape index (κ3) is 6.09. The van der Waals surface area contributed by atoms with E-state index in [1.807, 2.05) is 45.0 Å². The van der Waals surface area contributed by atoms with Crippen molar-refractivity contribution in [2.45, 2.75) is 52.4 Å². The van der Waals surface area contributed by atoms with Crippen LogP contribution < -0.4 is 20.2 Å². The Morgan fingerprint density at radius 1 is 1.07 bits per heavy atom. The fourth-order valence-electron chi connectivity index (χ4n) is 5.94. The van der Waals surface area contributed by atoms with Gasteiger partial charge in [0.2, 0.25) is 0 Å². The van der Waals surface area contributed by atoms with Gasteiger partial charge in [0.1, 0.15) is 12.2 Å². The number of Topliss-reactive ketones (excluding diaryl/α,β-unsaturated/α-hetero) is 1. The number of methoxy groups -OCH3 is 1. The number of nitrogens with one attached hydrogen (secondary N) is 1. The van der Waals surface area contributed by atoms with Crippen LogP contribution in [0.3, 0.4) is 0 Å². The van der Waals surface area contributed by atoms with E-state index in [4.69, 9.17) is 18.6 Å².